The number of benzene rings is 1. The molecule has 1 aromatic carbocycles. The van der Waals surface area contributed by atoms with Gasteiger partial charge in [-0.15, -0.1) is 0 Å². The molecule has 0 spiro atoms. The summed E-state index contributed by atoms with van der Waals surface area (Å²) in [6.45, 7) is 1.04. The van der Waals surface area contributed by atoms with Crippen molar-refractivity contribution in [1.29, 1.82) is 0 Å². The van der Waals surface area contributed by atoms with Gasteiger partial charge in [0.05, 0.1) is 0 Å². The van der Waals surface area contributed by atoms with Crippen molar-refractivity contribution in [2.75, 3.05) is 5.32 Å². The van der Waals surface area contributed by atoms with Gasteiger partial charge in [0.25, 0.3) is 0 Å². The van der Waals surface area contributed by atoms with Crippen LogP contribution in [0, 0.1) is 5.92 Å². The number of aryl methyl sites for hydroxylation is 2. The number of nitrogens with one attached hydrogen (secondary N) is 2. The van der Waals surface area contributed by atoms with Crippen molar-refractivity contribution in [3.63, 3.8) is 0 Å². The zero-order chi connectivity index (χ0) is 18.9. The van der Waals surface area contributed by atoms with Crippen LogP contribution in [0.5, 0.6) is 0 Å². The van der Waals surface area contributed by atoms with Crippen LogP contribution in [0.25, 0.3) is 6.08 Å². The standard InChI is InChI=1S/C22H26N4OS/c27-22(25-28-12-9-20-23-10-11-26(20)14-15-7-8-15)24-21-18-5-1-3-16(18)13-17-4-2-6-19(17)21/h9-13,15H,1-8,14H2,(H2,24,25,27)/b12-9+. The van der Waals surface area contributed by atoms with Gasteiger partial charge in [-0.2, -0.15) is 0 Å². The molecule has 1 aromatic heterocycles. The van der Waals surface area contributed by atoms with Gasteiger partial charge < -0.3 is 9.88 Å². The highest BCUT2D eigenvalue weighted by atomic mass is 32.2. The number of nitrogens with zero attached hydrogens (tertiary/aromatic N) is 2. The van der Waals surface area contributed by atoms with Gasteiger partial charge >= 0.3 is 6.03 Å². The second kappa shape index (κ2) is 7.66. The highest BCUT2D eigenvalue weighted by Gasteiger charge is 2.25. The number of urea groups is 1. The average Bonchev–Trinajstić information content (AvgIpc) is 3.08. The van der Waals surface area contributed by atoms with Crippen molar-refractivity contribution < 1.29 is 4.79 Å². The Balaban J connectivity index is 1.20. The molecule has 146 valence electrons. The van der Waals surface area contributed by atoms with Crippen LogP contribution in [0.2, 0.25) is 0 Å². The van der Waals surface area contributed by atoms with Crippen molar-refractivity contribution in [2.24, 2.45) is 5.92 Å². The fourth-order valence-electron chi connectivity index (χ4n) is 4.50. The van der Waals surface area contributed by atoms with Gasteiger partial charge in [-0.3, -0.25) is 4.72 Å². The number of carbonyl (C=O) groups excluding carboxylic acids is 1. The minimum absolute atomic E-state index is 0.148. The first-order chi connectivity index (χ1) is 13.8. The van der Waals surface area contributed by atoms with Crippen LogP contribution in [0.15, 0.2) is 23.9 Å². The fraction of sp³-hybridized carbons (Fsp3) is 0.455. The van der Waals surface area contributed by atoms with Crippen molar-refractivity contribution in [1.82, 2.24) is 14.3 Å². The molecule has 3 aliphatic carbocycles. The van der Waals surface area contributed by atoms with Crippen LogP contribution in [0.3, 0.4) is 0 Å². The first-order valence-electron chi connectivity index (χ1n) is 10.3. The molecular formula is C22H26N4OS. The number of rotatable bonds is 6. The predicted octanol–water partition coefficient (Wildman–Crippen LogP) is 4.71. The van der Waals surface area contributed by atoms with Crippen molar-refractivity contribution in [3.05, 3.63) is 51.9 Å². The number of hydrogen-bond donors (Lipinski definition) is 2. The van der Waals surface area contributed by atoms with Crippen molar-refractivity contribution in [3.8, 4) is 0 Å². The Morgan fingerprint density at radius 3 is 2.64 bits per heavy atom. The Labute approximate surface area is 170 Å². The molecule has 5 rings (SSSR count). The van der Waals surface area contributed by atoms with E-state index in [4.69, 9.17) is 0 Å². The lowest BCUT2D eigenvalue weighted by molar-refractivity contribution is 0.257. The minimum atomic E-state index is -0.148. The summed E-state index contributed by atoms with van der Waals surface area (Å²) in [6, 6.07) is 2.24. The molecule has 0 atom stereocenters. The Morgan fingerprint density at radius 2 is 1.93 bits per heavy atom. The summed E-state index contributed by atoms with van der Waals surface area (Å²) in [6.07, 6.45) is 15.3. The lowest BCUT2D eigenvalue weighted by Gasteiger charge is -2.16. The van der Waals surface area contributed by atoms with Crippen LogP contribution in [0.1, 0.15) is 53.8 Å². The molecule has 5 nitrogen and oxygen atoms in total. The Morgan fingerprint density at radius 1 is 1.18 bits per heavy atom. The summed E-state index contributed by atoms with van der Waals surface area (Å²) >= 11 is 1.29. The zero-order valence-electron chi connectivity index (χ0n) is 16.0. The maximum atomic E-state index is 12.5. The van der Waals surface area contributed by atoms with E-state index in [1.165, 1.54) is 59.9 Å². The largest absolute Gasteiger partial charge is 0.331 e. The molecular weight excluding hydrogens is 368 g/mol. The molecule has 6 heteroatoms. The van der Waals surface area contributed by atoms with Gasteiger partial charge in [-0.1, -0.05) is 6.07 Å². The molecule has 2 aromatic rings. The highest BCUT2D eigenvalue weighted by Crippen LogP contribution is 2.38. The summed E-state index contributed by atoms with van der Waals surface area (Å²) in [5.74, 6) is 1.76. The summed E-state index contributed by atoms with van der Waals surface area (Å²) in [7, 11) is 0. The number of aromatic nitrogens is 2. The van der Waals surface area contributed by atoms with Gasteiger partial charge in [0.15, 0.2) is 0 Å². The fourth-order valence-corrected chi connectivity index (χ4v) is 4.92. The minimum Gasteiger partial charge on any atom is -0.331 e. The van der Waals surface area contributed by atoms with E-state index < -0.39 is 0 Å². The van der Waals surface area contributed by atoms with Crippen LogP contribution in [-0.4, -0.2) is 15.6 Å². The van der Waals surface area contributed by atoms with Gasteiger partial charge in [0.2, 0.25) is 0 Å². The molecule has 2 N–H and O–H groups in total. The van der Waals surface area contributed by atoms with Gasteiger partial charge in [0.1, 0.15) is 5.82 Å². The number of carbonyl (C=O) groups is 1. The second-order valence-electron chi connectivity index (χ2n) is 8.09. The SMILES string of the molecule is O=C(NS/C=C/c1nccn1CC1CC1)Nc1c2c(cc3c1CCC3)CCC2. The molecule has 0 saturated heterocycles. The first kappa shape index (κ1) is 17.9. The van der Waals surface area contributed by atoms with E-state index in [0.29, 0.717) is 0 Å². The summed E-state index contributed by atoms with van der Waals surface area (Å²) in [4.78, 5) is 16.9. The smallest absolute Gasteiger partial charge is 0.329 e. The molecule has 3 aliphatic rings. The molecule has 2 amide bonds. The molecule has 0 bridgehead atoms. The lowest BCUT2D eigenvalue weighted by atomic mass is 9.99. The third-order valence-electron chi connectivity index (χ3n) is 6.05. The molecule has 0 unspecified atom stereocenters. The average molecular weight is 395 g/mol. The van der Waals surface area contributed by atoms with Crippen LogP contribution in [0.4, 0.5) is 10.5 Å². The molecule has 1 saturated carbocycles. The third kappa shape index (κ3) is 3.70. The van der Waals surface area contributed by atoms with Crippen molar-refractivity contribution in [2.45, 2.75) is 57.9 Å². The number of hydrogen-bond acceptors (Lipinski definition) is 3. The van der Waals surface area contributed by atoms with E-state index in [-0.39, 0.29) is 6.03 Å². The third-order valence-corrected chi connectivity index (χ3v) is 6.62. The van der Waals surface area contributed by atoms with E-state index in [2.05, 4.69) is 25.7 Å². The number of fused-ring (bicyclic) bond motifs is 2. The van der Waals surface area contributed by atoms with Gasteiger partial charge in [-0.05, 0) is 103 Å². The van der Waals surface area contributed by atoms with E-state index in [1.807, 2.05) is 23.9 Å². The lowest BCUT2D eigenvalue weighted by Crippen LogP contribution is -2.23. The normalized spacial score (nSPS) is 17.7. The van der Waals surface area contributed by atoms with E-state index in [9.17, 15) is 4.79 Å². The Bertz CT molecular complexity index is 897. The Hall–Kier alpha value is -2.21. The maximum absolute atomic E-state index is 12.5. The zero-order valence-corrected chi connectivity index (χ0v) is 16.9. The molecule has 1 fully saturated rings. The van der Waals surface area contributed by atoms with E-state index >= 15 is 0 Å². The molecule has 0 radical (unpaired) electrons. The second-order valence-corrected chi connectivity index (χ2v) is 8.80. The molecule has 28 heavy (non-hydrogen) atoms. The van der Waals surface area contributed by atoms with Crippen molar-refractivity contribution >= 4 is 29.7 Å². The summed E-state index contributed by atoms with van der Waals surface area (Å²) < 4.78 is 5.08. The van der Waals surface area contributed by atoms with Gasteiger partial charge in [-0.25, -0.2) is 9.78 Å². The number of amides is 2. The van der Waals surface area contributed by atoms with Crippen LogP contribution in [-0.2, 0) is 32.2 Å². The molecule has 1 heterocycles. The highest BCUT2D eigenvalue weighted by molar-refractivity contribution is 8.00. The molecule has 0 aliphatic heterocycles. The quantitative estimate of drug-likeness (QED) is 0.698. The van der Waals surface area contributed by atoms with E-state index in [0.717, 1.165) is 49.7 Å². The summed E-state index contributed by atoms with van der Waals surface area (Å²) in [5.41, 5.74) is 6.68. The predicted molar refractivity (Wildman–Crippen MR) is 114 cm³/mol. The number of anilines is 1. The first-order valence-corrected chi connectivity index (χ1v) is 11.2. The van der Waals surface area contributed by atoms with Crippen LogP contribution < -0.4 is 10.0 Å². The Kier molecular flexibility index (Phi) is 4.89. The van der Waals surface area contributed by atoms with E-state index in [1.54, 1.807) is 0 Å². The summed E-state index contributed by atoms with van der Waals surface area (Å²) in [5, 5.41) is 5.05. The number of imidazole rings is 1. The monoisotopic (exact) mass is 394 g/mol. The van der Waals surface area contributed by atoms with Gasteiger partial charge in [0, 0.05) is 24.6 Å². The van der Waals surface area contributed by atoms with Crippen LogP contribution >= 0.6 is 11.9 Å². The topological polar surface area (TPSA) is 59.0 Å². The maximum Gasteiger partial charge on any atom is 0.329 e.